The first kappa shape index (κ1) is 23.5. The first-order valence-electron chi connectivity index (χ1n) is 10.2. The molecule has 0 fully saturated rings. The molecule has 10 heteroatoms. The lowest BCUT2D eigenvalue weighted by atomic mass is 10.2. The Morgan fingerprint density at radius 1 is 1.06 bits per heavy atom. The van der Waals surface area contributed by atoms with E-state index in [2.05, 4.69) is 36.8 Å². The number of H-pyrrole nitrogens is 1. The van der Waals surface area contributed by atoms with E-state index in [0.29, 0.717) is 13.1 Å². The maximum absolute atomic E-state index is 13.0. The van der Waals surface area contributed by atoms with Crippen LogP contribution in [0.15, 0.2) is 83.0 Å². The molecule has 1 aliphatic rings. The Bertz CT molecular complexity index is 1300. The summed E-state index contributed by atoms with van der Waals surface area (Å²) in [6.45, 7) is 0.818. The summed E-state index contributed by atoms with van der Waals surface area (Å²) < 4.78 is 0.240. The van der Waals surface area contributed by atoms with E-state index in [0.717, 1.165) is 5.56 Å². The van der Waals surface area contributed by atoms with E-state index in [1.165, 1.54) is 0 Å². The van der Waals surface area contributed by atoms with Crippen molar-refractivity contribution < 1.29 is 14.4 Å². The monoisotopic (exact) mass is 539 g/mol. The van der Waals surface area contributed by atoms with Gasteiger partial charge < -0.3 is 15.5 Å². The van der Waals surface area contributed by atoms with Crippen LogP contribution in [0, 0.1) is 0 Å². The summed E-state index contributed by atoms with van der Waals surface area (Å²) >= 11 is 9.36. The quantitative estimate of drug-likeness (QED) is 0.434. The molecule has 3 aromatic rings. The Balaban J connectivity index is 1.46. The summed E-state index contributed by atoms with van der Waals surface area (Å²) in [5, 5.41) is 12.1. The number of hydrogen-bond acceptors (Lipinski definition) is 4. The van der Waals surface area contributed by atoms with Crippen LogP contribution in [-0.4, -0.2) is 39.4 Å². The lowest BCUT2D eigenvalue weighted by Crippen LogP contribution is -2.37. The standard InChI is InChI=1S/C24H19BrClN5O3/c25-19-20(29-30-21(19)28-22(32)16-10-4-5-11-17(16)26)23(33)27-18-12-6-7-13-31(24(18)34)14-15-8-2-1-3-9-15/h1-12H,13-14H2,(H,27,33)(H2,28,29,30,32). The predicted octanol–water partition coefficient (Wildman–Crippen LogP) is 4.29. The molecule has 1 aromatic heterocycles. The Hall–Kier alpha value is -3.69. The Morgan fingerprint density at radius 3 is 2.56 bits per heavy atom. The molecule has 2 aromatic carbocycles. The van der Waals surface area contributed by atoms with Gasteiger partial charge in [-0.25, -0.2) is 0 Å². The molecule has 0 bridgehead atoms. The maximum Gasteiger partial charge on any atom is 0.275 e. The fourth-order valence-electron chi connectivity index (χ4n) is 3.28. The summed E-state index contributed by atoms with van der Waals surface area (Å²) in [5.41, 5.74) is 1.42. The molecule has 0 saturated carbocycles. The third-order valence-corrected chi connectivity index (χ3v) is 6.09. The topological polar surface area (TPSA) is 107 Å². The van der Waals surface area contributed by atoms with Gasteiger partial charge in [0.2, 0.25) is 0 Å². The van der Waals surface area contributed by atoms with Gasteiger partial charge in [-0.2, -0.15) is 5.10 Å². The molecule has 0 radical (unpaired) electrons. The van der Waals surface area contributed by atoms with Crippen LogP contribution in [0.3, 0.4) is 0 Å². The molecule has 0 atom stereocenters. The second-order valence-corrected chi connectivity index (χ2v) is 8.53. The average molecular weight is 541 g/mol. The molecule has 172 valence electrons. The van der Waals surface area contributed by atoms with Crippen LogP contribution in [0.1, 0.15) is 26.4 Å². The van der Waals surface area contributed by atoms with Crippen molar-refractivity contribution in [1.29, 1.82) is 0 Å². The van der Waals surface area contributed by atoms with Gasteiger partial charge in [-0.15, -0.1) is 0 Å². The van der Waals surface area contributed by atoms with Crippen LogP contribution in [0.2, 0.25) is 5.02 Å². The van der Waals surface area contributed by atoms with E-state index in [9.17, 15) is 14.4 Å². The van der Waals surface area contributed by atoms with Crippen LogP contribution in [0.4, 0.5) is 5.82 Å². The average Bonchev–Trinajstić information content (AvgIpc) is 3.11. The van der Waals surface area contributed by atoms with Gasteiger partial charge in [0.05, 0.1) is 15.1 Å². The van der Waals surface area contributed by atoms with E-state index in [-0.39, 0.29) is 38.2 Å². The molecular formula is C24H19BrClN5O3. The zero-order chi connectivity index (χ0) is 24.1. The number of aromatic nitrogens is 2. The van der Waals surface area contributed by atoms with Crippen molar-refractivity contribution in [3.05, 3.63) is 105 Å². The molecule has 0 aliphatic carbocycles. The first-order chi connectivity index (χ1) is 16.4. The van der Waals surface area contributed by atoms with Gasteiger partial charge in [0.1, 0.15) is 11.4 Å². The zero-order valence-corrected chi connectivity index (χ0v) is 20.1. The first-order valence-corrected chi connectivity index (χ1v) is 11.4. The summed E-state index contributed by atoms with van der Waals surface area (Å²) in [5.74, 6) is -1.27. The van der Waals surface area contributed by atoms with Gasteiger partial charge in [-0.3, -0.25) is 19.5 Å². The highest BCUT2D eigenvalue weighted by atomic mass is 79.9. The molecule has 3 N–H and O–H groups in total. The van der Waals surface area contributed by atoms with E-state index < -0.39 is 11.8 Å². The number of hydrogen-bond donors (Lipinski definition) is 3. The molecule has 3 amide bonds. The number of nitrogens with one attached hydrogen (secondary N) is 3. The van der Waals surface area contributed by atoms with Crippen LogP contribution < -0.4 is 10.6 Å². The molecule has 2 heterocycles. The minimum absolute atomic E-state index is 0.0472. The zero-order valence-electron chi connectivity index (χ0n) is 17.7. The number of amides is 3. The highest BCUT2D eigenvalue weighted by molar-refractivity contribution is 9.10. The number of carbonyl (C=O) groups is 3. The van der Waals surface area contributed by atoms with Gasteiger partial charge in [0.25, 0.3) is 17.7 Å². The minimum atomic E-state index is -0.591. The lowest BCUT2D eigenvalue weighted by Gasteiger charge is -2.21. The number of carbonyl (C=O) groups excluding carboxylic acids is 3. The van der Waals surface area contributed by atoms with Crippen molar-refractivity contribution in [2.75, 3.05) is 11.9 Å². The van der Waals surface area contributed by atoms with Crippen molar-refractivity contribution in [1.82, 2.24) is 20.4 Å². The van der Waals surface area contributed by atoms with Crippen molar-refractivity contribution in [2.24, 2.45) is 0 Å². The predicted molar refractivity (Wildman–Crippen MR) is 132 cm³/mol. The van der Waals surface area contributed by atoms with Crippen LogP contribution in [0.5, 0.6) is 0 Å². The number of aromatic amines is 1. The van der Waals surface area contributed by atoms with Crippen molar-refractivity contribution in [3.63, 3.8) is 0 Å². The molecule has 0 unspecified atom stereocenters. The summed E-state index contributed by atoms with van der Waals surface area (Å²) in [7, 11) is 0. The highest BCUT2D eigenvalue weighted by Crippen LogP contribution is 2.25. The Labute approximate surface area is 208 Å². The molecule has 8 nitrogen and oxygen atoms in total. The van der Waals surface area contributed by atoms with Gasteiger partial charge >= 0.3 is 0 Å². The third kappa shape index (κ3) is 5.27. The van der Waals surface area contributed by atoms with E-state index in [1.807, 2.05) is 36.4 Å². The summed E-state index contributed by atoms with van der Waals surface area (Å²) in [4.78, 5) is 40.1. The van der Waals surface area contributed by atoms with E-state index in [4.69, 9.17) is 11.6 Å². The fraction of sp³-hybridized carbons (Fsp3) is 0.0833. The van der Waals surface area contributed by atoms with Crippen molar-refractivity contribution in [2.45, 2.75) is 6.54 Å². The smallest absolute Gasteiger partial charge is 0.275 e. The Morgan fingerprint density at radius 2 is 1.79 bits per heavy atom. The number of allylic oxidation sites excluding steroid dienone is 2. The van der Waals surface area contributed by atoms with Crippen LogP contribution in [0.25, 0.3) is 0 Å². The minimum Gasteiger partial charge on any atom is -0.329 e. The summed E-state index contributed by atoms with van der Waals surface area (Å²) in [6.07, 6.45) is 5.11. The van der Waals surface area contributed by atoms with Crippen molar-refractivity contribution >= 4 is 51.1 Å². The molecular weight excluding hydrogens is 522 g/mol. The van der Waals surface area contributed by atoms with Gasteiger partial charge in [-0.1, -0.05) is 66.2 Å². The normalized spacial score (nSPS) is 13.3. The number of nitrogens with zero attached hydrogens (tertiary/aromatic N) is 2. The molecule has 1 aliphatic heterocycles. The number of anilines is 1. The number of halogens is 2. The van der Waals surface area contributed by atoms with Crippen molar-refractivity contribution in [3.8, 4) is 0 Å². The SMILES string of the molecule is O=C(Nc1n[nH]c(C(=O)NC2=CC=CCN(Cc3ccccc3)C2=O)c1Br)c1ccccc1Cl. The molecule has 34 heavy (non-hydrogen) atoms. The molecule has 0 spiro atoms. The third-order valence-electron chi connectivity index (χ3n) is 4.99. The number of benzene rings is 2. The maximum atomic E-state index is 13.0. The number of rotatable bonds is 6. The fourth-order valence-corrected chi connectivity index (χ4v) is 3.96. The van der Waals surface area contributed by atoms with Gasteiger partial charge in [-0.05, 0) is 39.7 Å². The van der Waals surface area contributed by atoms with Gasteiger partial charge in [0, 0.05) is 13.1 Å². The second kappa shape index (κ2) is 10.5. The highest BCUT2D eigenvalue weighted by Gasteiger charge is 2.25. The summed E-state index contributed by atoms with van der Waals surface area (Å²) in [6, 6.07) is 16.2. The Kier molecular flexibility index (Phi) is 7.24. The van der Waals surface area contributed by atoms with Gasteiger partial charge in [0.15, 0.2) is 5.82 Å². The van der Waals surface area contributed by atoms with E-state index >= 15 is 0 Å². The molecule has 0 saturated heterocycles. The lowest BCUT2D eigenvalue weighted by molar-refractivity contribution is -0.127. The van der Waals surface area contributed by atoms with Crippen LogP contribution in [-0.2, 0) is 11.3 Å². The van der Waals surface area contributed by atoms with Crippen LogP contribution >= 0.6 is 27.5 Å². The second-order valence-electron chi connectivity index (χ2n) is 7.33. The van der Waals surface area contributed by atoms with E-state index in [1.54, 1.807) is 41.3 Å². The molecule has 4 rings (SSSR count). The largest absolute Gasteiger partial charge is 0.329 e.